The molecular formula is C14H11F2NO. The molecule has 0 N–H and O–H groups in total. The number of Topliss-reactive ketones (excluding diaryl/α,β-unsaturated/α-hetero) is 1. The molecule has 18 heavy (non-hydrogen) atoms. The second-order valence-electron chi connectivity index (χ2n) is 4.00. The molecule has 0 saturated carbocycles. The van der Waals surface area contributed by atoms with E-state index in [0.717, 1.165) is 6.07 Å². The molecule has 0 fully saturated rings. The molecule has 1 aromatic carbocycles. The van der Waals surface area contributed by atoms with Crippen LogP contribution < -0.4 is 0 Å². The summed E-state index contributed by atoms with van der Waals surface area (Å²) >= 11 is 0. The zero-order valence-corrected chi connectivity index (χ0v) is 9.73. The van der Waals surface area contributed by atoms with Gasteiger partial charge in [0.15, 0.2) is 5.78 Å². The Balaban J connectivity index is 2.32. The number of hydrogen-bond donors (Lipinski definition) is 0. The highest BCUT2D eigenvalue weighted by Gasteiger charge is 2.20. The molecule has 2 nitrogen and oxygen atoms in total. The number of aromatic nitrogens is 1. The minimum atomic E-state index is -0.837. The molecule has 0 aliphatic heterocycles. The first-order valence-corrected chi connectivity index (χ1v) is 5.49. The van der Waals surface area contributed by atoms with Crippen LogP contribution in [-0.4, -0.2) is 10.8 Å². The molecule has 92 valence electrons. The van der Waals surface area contributed by atoms with Crippen molar-refractivity contribution in [1.29, 1.82) is 0 Å². The van der Waals surface area contributed by atoms with E-state index in [4.69, 9.17) is 0 Å². The lowest BCUT2D eigenvalue weighted by Crippen LogP contribution is -2.12. The zero-order valence-electron chi connectivity index (χ0n) is 9.73. The van der Waals surface area contributed by atoms with Crippen LogP contribution in [0.25, 0.3) is 0 Å². The third-order valence-electron chi connectivity index (χ3n) is 2.77. The minimum absolute atomic E-state index is 0.104. The first-order chi connectivity index (χ1) is 8.59. The van der Waals surface area contributed by atoms with Crippen LogP contribution in [0.3, 0.4) is 0 Å². The van der Waals surface area contributed by atoms with Gasteiger partial charge >= 0.3 is 0 Å². The Kier molecular flexibility index (Phi) is 3.46. The van der Waals surface area contributed by atoms with Crippen LogP contribution in [-0.2, 0) is 0 Å². The molecule has 0 bridgehead atoms. The standard InChI is InChI=1S/C14H11F2NO/c1-9(10-3-2-6-17-8-10)14(18)12-5-4-11(15)7-13(12)16/h2-9H,1H3. The van der Waals surface area contributed by atoms with E-state index in [-0.39, 0.29) is 11.3 Å². The average molecular weight is 247 g/mol. The van der Waals surface area contributed by atoms with Gasteiger partial charge in [-0.2, -0.15) is 0 Å². The van der Waals surface area contributed by atoms with Crippen molar-refractivity contribution in [3.8, 4) is 0 Å². The molecule has 0 spiro atoms. The Bertz CT molecular complexity index is 569. The van der Waals surface area contributed by atoms with Gasteiger partial charge in [0.1, 0.15) is 11.6 Å². The van der Waals surface area contributed by atoms with Gasteiger partial charge in [0.25, 0.3) is 0 Å². The Labute approximate surface area is 103 Å². The summed E-state index contributed by atoms with van der Waals surface area (Å²) in [4.78, 5) is 16.0. The SMILES string of the molecule is CC(C(=O)c1ccc(F)cc1F)c1cccnc1. The normalized spacial score (nSPS) is 12.2. The van der Waals surface area contributed by atoms with Gasteiger partial charge in [-0.15, -0.1) is 0 Å². The first-order valence-electron chi connectivity index (χ1n) is 5.49. The van der Waals surface area contributed by atoms with Crippen molar-refractivity contribution < 1.29 is 13.6 Å². The number of pyridine rings is 1. The van der Waals surface area contributed by atoms with Crippen LogP contribution >= 0.6 is 0 Å². The summed E-state index contributed by atoms with van der Waals surface area (Å²) in [6, 6.07) is 6.41. The number of hydrogen-bond acceptors (Lipinski definition) is 2. The first kappa shape index (κ1) is 12.4. The summed E-state index contributed by atoms with van der Waals surface area (Å²) in [5.41, 5.74) is 0.596. The van der Waals surface area contributed by atoms with E-state index in [1.165, 1.54) is 6.07 Å². The summed E-state index contributed by atoms with van der Waals surface area (Å²) in [6.45, 7) is 1.67. The Hall–Kier alpha value is -2.10. The minimum Gasteiger partial charge on any atom is -0.293 e. The van der Waals surface area contributed by atoms with Crippen molar-refractivity contribution in [2.24, 2.45) is 0 Å². The lowest BCUT2D eigenvalue weighted by atomic mass is 9.93. The summed E-state index contributed by atoms with van der Waals surface area (Å²) in [5.74, 6) is -2.44. The summed E-state index contributed by atoms with van der Waals surface area (Å²) < 4.78 is 26.3. The Morgan fingerprint density at radius 1 is 1.28 bits per heavy atom. The van der Waals surface area contributed by atoms with Crippen LogP contribution in [0.15, 0.2) is 42.7 Å². The molecule has 1 unspecified atom stereocenters. The van der Waals surface area contributed by atoms with Crippen molar-refractivity contribution >= 4 is 5.78 Å². The molecule has 0 aliphatic carbocycles. The fourth-order valence-electron chi connectivity index (χ4n) is 1.71. The zero-order chi connectivity index (χ0) is 13.1. The van der Waals surface area contributed by atoms with Crippen LogP contribution in [0.2, 0.25) is 0 Å². The fourth-order valence-corrected chi connectivity index (χ4v) is 1.71. The largest absolute Gasteiger partial charge is 0.293 e. The van der Waals surface area contributed by atoms with Gasteiger partial charge in [-0.25, -0.2) is 8.78 Å². The molecular weight excluding hydrogens is 236 g/mol. The molecule has 0 amide bonds. The van der Waals surface area contributed by atoms with Crippen molar-refractivity contribution in [2.75, 3.05) is 0 Å². The maximum atomic E-state index is 13.5. The topological polar surface area (TPSA) is 30.0 Å². The number of nitrogens with zero attached hydrogens (tertiary/aromatic N) is 1. The molecule has 0 radical (unpaired) electrons. The van der Waals surface area contributed by atoms with Crippen molar-refractivity contribution in [3.63, 3.8) is 0 Å². The number of ketones is 1. The van der Waals surface area contributed by atoms with Gasteiger partial charge in [-0.05, 0) is 23.8 Å². The van der Waals surface area contributed by atoms with Crippen molar-refractivity contribution in [3.05, 3.63) is 65.5 Å². The van der Waals surface area contributed by atoms with Crippen molar-refractivity contribution in [2.45, 2.75) is 12.8 Å². The lowest BCUT2D eigenvalue weighted by Gasteiger charge is -2.10. The van der Waals surface area contributed by atoms with Crippen molar-refractivity contribution in [1.82, 2.24) is 4.98 Å². The maximum Gasteiger partial charge on any atom is 0.173 e. The molecule has 0 aliphatic rings. The predicted octanol–water partition coefficient (Wildman–Crippen LogP) is 3.35. The van der Waals surface area contributed by atoms with E-state index in [1.807, 2.05) is 0 Å². The molecule has 1 aromatic heterocycles. The summed E-state index contributed by atoms with van der Waals surface area (Å²) in [5, 5.41) is 0. The molecule has 2 aromatic rings. The third kappa shape index (κ3) is 2.42. The number of benzene rings is 1. The van der Waals surface area contributed by atoms with Crippen LogP contribution in [0.4, 0.5) is 8.78 Å². The second-order valence-corrected chi connectivity index (χ2v) is 4.00. The predicted molar refractivity (Wildman–Crippen MR) is 63.3 cm³/mol. The maximum absolute atomic E-state index is 13.5. The molecule has 1 heterocycles. The quantitative estimate of drug-likeness (QED) is 0.778. The van der Waals surface area contributed by atoms with E-state index < -0.39 is 17.6 Å². The molecule has 0 saturated heterocycles. The van der Waals surface area contributed by atoms with E-state index in [9.17, 15) is 13.6 Å². The highest BCUT2D eigenvalue weighted by atomic mass is 19.1. The number of halogens is 2. The van der Waals surface area contributed by atoms with Gasteiger partial charge in [0.2, 0.25) is 0 Å². The smallest absolute Gasteiger partial charge is 0.173 e. The van der Waals surface area contributed by atoms with E-state index in [0.29, 0.717) is 11.6 Å². The van der Waals surface area contributed by atoms with E-state index in [2.05, 4.69) is 4.98 Å². The summed E-state index contributed by atoms with van der Waals surface area (Å²) in [7, 11) is 0. The monoisotopic (exact) mass is 247 g/mol. The van der Waals surface area contributed by atoms with E-state index >= 15 is 0 Å². The van der Waals surface area contributed by atoms with Gasteiger partial charge < -0.3 is 0 Å². The molecule has 2 rings (SSSR count). The fraction of sp³-hybridized carbons (Fsp3) is 0.143. The lowest BCUT2D eigenvalue weighted by molar-refractivity contribution is 0.0962. The van der Waals surface area contributed by atoms with Gasteiger partial charge in [-0.3, -0.25) is 9.78 Å². The van der Waals surface area contributed by atoms with Gasteiger partial charge in [0.05, 0.1) is 5.56 Å². The molecule has 1 atom stereocenters. The number of rotatable bonds is 3. The Morgan fingerprint density at radius 2 is 2.06 bits per heavy atom. The van der Waals surface area contributed by atoms with E-state index in [1.54, 1.807) is 31.5 Å². The van der Waals surface area contributed by atoms with Crippen LogP contribution in [0, 0.1) is 11.6 Å². The molecule has 4 heteroatoms. The van der Waals surface area contributed by atoms with Gasteiger partial charge in [0, 0.05) is 24.4 Å². The highest BCUT2D eigenvalue weighted by Crippen LogP contribution is 2.21. The third-order valence-corrected chi connectivity index (χ3v) is 2.77. The van der Waals surface area contributed by atoms with Crippen LogP contribution in [0.1, 0.15) is 28.8 Å². The highest BCUT2D eigenvalue weighted by molar-refractivity contribution is 6.00. The Morgan fingerprint density at radius 3 is 2.67 bits per heavy atom. The number of carbonyl (C=O) groups excluding carboxylic acids is 1. The summed E-state index contributed by atoms with van der Waals surface area (Å²) in [6.07, 6.45) is 3.16. The second kappa shape index (κ2) is 5.04. The average Bonchev–Trinajstić information content (AvgIpc) is 2.38. The van der Waals surface area contributed by atoms with Crippen LogP contribution in [0.5, 0.6) is 0 Å². The van der Waals surface area contributed by atoms with Gasteiger partial charge in [-0.1, -0.05) is 13.0 Å². The number of carbonyl (C=O) groups is 1.